The van der Waals surface area contributed by atoms with E-state index in [0.717, 1.165) is 49.1 Å². The Labute approximate surface area is 462 Å². The third-order valence-electron chi connectivity index (χ3n) is 17.1. The number of methoxy groups -OCH3 is 3. The van der Waals surface area contributed by atoms with Gasteiger partial charge < -0.3 is 44.5 Å². The largest absolute Gasteiger partial charge is 0.460 e. The van der Waals surface area contributed by atoms with Crippen molar-refractivity contribution in [1.82, 2.24) is 19.9 Å². The zero-order valence-corrected chi connectivity index (χ0v) is 47.9. The van der Waals surface area contributed by atoms with Gasteiger partial charge in [-0.15, -0.1) is 5.10 Å². The molecule has 4 N–H and O–H groups in total. The van der Waals surface area contributed by atoms with Gasteiger partial charge in [-0.3, -0.25) is 19.2 Å². The number of amides is 1. The molecule has 1 aliphatic carbocycles. The molecule has 1 aromatic carbocycles. The van der Waals surface area contributed by atoms with Crippen LogP contribution in [0.15, 0.2) is 78.1 Å². The average Bonchev–Trinajstić information content (AvgIpc) is 3.94. The molecule has 4 aliphatic rings. The molecule has 17 heteroatoms. The zero-order valence-electron chi connectivity index (χ0n) is 47.9. The second-order valence-corrected chi connectivity index (χ2v) is 23.1. The van der Waals surface area contributed by atoms with Gasteiger partial charge in [0.1, 0.15) is 30.1 Å². The molecule has 4 heterocycles. The van der Waals surface area contributed by atoms with Crippen molar-refractivity contribution in [3.8, 4) is 5.69 Å². The van der Waals surface area contributed by atoms with Crippen molar-refractivity contribution < 1.29 is 57.9 Å². The van der Waals surface area contributed by atoms with Crippen LogP contribution in [0.3, 0.4) is 0 Å². The molecule has 2 bridgehead atoms. The van der Waals surface area contributed by atoms with Gasteiger partial charge in [-0.2, -0.15) is 0 Å². The molecule has 78 heavy (non-hydrogen) atoms. The summed E-state index contributed by atoms with van der Waals surface area (Å²) in [6.07, 6.45) is 16.4. The van der Waals surface area contributed by atoms with E-state index in [1.165, 1.54) is 12.0 Å². The van der Waals surface area contributed by atoms with Crippen molar-refractivity contribution in [3.63, 3.8) is 0 Å². The molecule has 15 atom stereocenters. The minimum absolute atomic E-state index is 0.0128. The van der Waals surface area contributed by atoms with Gasteiger partial charge in [0.25, 0.3) is 11.7 Å². The summed E-state index contributed by atoms with van der Waals surface area (Å²) in [6, 6.07) is 6.31. The first-order valence-electron chi connectivity index (χ1n) is 28.4. The molecule has 3 aliphatic heterocycles. The predicted molar refractivity (Wildman–Crippen MR) is 297 cm³/mol. The van der Waals surface area contributed by atoms with Crippen LogP contribution in [0.5, 0.6) is 0 Å². The number of aryl methyl sites for hydroxylation is 1. The standard InChI is InChI=1S/C61H89N5O12/c1-37-16-12-11-13-17-38(2)52(74-8)34-49-28-19-43(7)61(73,78-49)58(70)59(71)65-29-15-14-18-50(65)60(72)77-53(35-51(67)39(3)31-42(6)56(69)57(76-10)55(68)41(5)30-37)40(4)32-44-20-21-45(54(33-44)75-9)22-25-47-36-66(64-63-47)48-26-23-46(62)24-27-48/h11-13,16-17,23-24,26-27,31,36-37,39-41,43-45,49-50,52-54,56-57,69,73H,14-15,18-22,25,28-30,32-35,62H2,1-10H3/b13-11+,16-12+,38-17+,42-31+/t37-,39-,40-,41-,43-,44+,45+,49+,50+,52+,53+,54-,56-,57+,61-/m1/s1. The fraction of sp³-hybridized carbons (Fsp3) is 0.656. The van der Waals surface area contributed by atoms with E-state index < -0.39 is 77.8 Å². The Morgan fingerprint density at radius 2 is 1.62 bits per heavy atom. The number of allylic oxidation sites excluding steroid dienone is 6. The Bertz CT molecular complexity index is 2470. The molecule has 17 nitrogen and oxygen atoms in total. The number of rotatable bonds is 10. The van der Waals surface area contributed by atoms with E-state index in [9.17, 15) is 34.2 Å². The number of aliphatic hydroxyl groups is 2. The van der Waals surface area contributed by atoms with Crippen LogP contribution in [0.2, 0.25) is 0 Å². The van der Waals surface area contributed by atoms with E-state index in [0.29, 0.717) is 56.2 Å². The molecule has 3 fully saturated rings. The summed E-state index contributed by atoms with van der Waals surface area (Å²) in [6.45, 7) is 12.9. The summed E-state index contributed by atoms with van der Waals surface area (Å²) in [5.74, 6) is -7.60. The number of nitrogen functional groups attached to an aromatic ring is 1. The van der Waals surface area contributed by atoms with Gasteiger partial charge in [0, 0.05) is 64.2 Å². The van der Waals surface area contributed by atoms with Gasteiger partial charge in [0.15, 0.2) is 5.78 Å². The molecule has 2 saturated heterocycles. The van der Waals surface area contributed by atoms with E-state index in [1.807, 2.05) is 88.5 Å². The number of hydrogen-bond acceptors (Lipinski definition) is 15. The number of nitrogens with zero attached hydrogens (tertiary/aromatic N) is 4. The first kappa shape index (κ1) is 62.0. The summed E-state index contributed by atoms with van der Waals surface area (Å²) in [5, 5.41) is 32.4. The predicted octanol–water partition coefficient (Wildman–Crippen LogP) is 8.23. The number of piperidine rings is 1. The van der Waals surface area contributed by atoms with Crippen LogP contribution in [-0.2, 0) is 54.1 Å². The maximum absolute atomic E-state index is 14.7. The molecule has 1 amide bonds. The number of aromatic nitrogens is 3. The number of benzene rings is 1. The van der Waals surface area contributed by atoms with Crippen LogP contribution in [0.1, 0.15) is 138 Å². The Hall–Kier alpha value is -5.17. The summed E-state index contributed by atoms with van der Waals surface area (Å²) >= 11 is 0. The maximum atomic E-state index is 14.7. The zero-order chi connectivity index (χ0) is 56.8. The second kappa shape index (κ2) is 28.8. The smallest absolute Gasteiger partial charge is 0.329 e. The van der Waals surface area contributed by atoms with E-state index in [4.69, 9.17) is 29.4 Å². The number of nitrogens with two attached hydrogens (primary N) is 1. The topological polar surface area (TPSA) is 232 Å². The van der Waals surface area contributed by atoms with Crippen LogP contribution in [0.4, 0.5) is 5.69 Å². The van der Waals surface area contributed by atoms with Gasteiger partial charge in [-0.05, 0) is 150 Å². The molecule has 430 valence electrons. The van der Waals surface area contributed by atoms with E-state index >= 15 is 0 Å². The number of ketones is 3. The first-order valence-corrected chi connectivity index (χ1v) is 28.4. The van der Waals surface area contributed by atoms with Crippen LogP contribution in [0.25, 0.3) is 5.69 Å². The third-order valence-corrected chi connectivity index (χ3v) is 17.1. The number of fused-ring (bicyclic) bond motifs is 3. The lowest BCUT2D eigenvalue weighted by molar-refractivity contribution is -0.265. The van der Waals surface area contributed by atoms with Gasteiger partial charge in [0.05, 0.1) is 35.9 Å². The fourth-order valence-corrected chi connectivity index (χ4v) is 12.1. The molecule has 1 saturated carbocycles. The fourth-order valence-electron chi connectivity index (χ4n) is 12.1. The molecule has 0 radical (unpaired) electrons. The highest BCUT2D eigenvalue weighted by Crippen LogP contribution is 2.40. The summed E-state index contributed by atoms with van der Waals surface area (Å²) in [5.41, 5.74) is 9.58. The average molecular weight is 1080 g/mol. The number of carbonyl (C=O) groups is 5. The lowest BCUT2D eigenvalue weighted by Crippen LogP contribution is -2.61. The normalized spacial score (nSPS) is 35.6. The number of aliphatic hydroxyl groups excluding tert-OH is 1. The number of anilines is 1. The molecule has 2 aromatic rings. The van der Waals surface area contributed by atoms with E-state index in [-0.39, 0.29) is 60.7 Å². The number of ether oxygens (including phenoxy) is 5. The Morgan fingerprint density at radius 1 is 0.872 bits per heavy atom. The van der Waals surface area contributed by atoms with Crippen molar-refractivity contribution >= 4 is 34.9 Å². The third kappa shape index (κ3) is 16.0. The molecule has 0 spiro atoms. The highest BCUT2D eigenvalue weighted by molar-refractivity contribution is 6.39. The second-order valence-electron chi connectivity index (χ2n) is 23.1. The molecular weight excluding hydrogens is 995 g/mol. The molecular formula is C61H89N5O12. The summed E-state index contributed by atoms with van der Waals surface area (Å²) < 4.78 is 32.0. The minimum Gasteiger partial charge on any atom is -0.460 e. The van der Waals surface area contributed by atoms with Crippen molar-refractivity contribution in [1.29, 1.82) is 0 Å². The van der Waals surface area contributed by atoms with Gasteiger partial charge in [0.2, 0.25) is 5.79 Å². The highest BCUT2D eigenvalue weighted by Gasteiger charge is 2.53. The van der Waals surface area contributed by atoms with Gasteiger partial charge in [-0.25, -0.2) is 9.48 Å². The molecule has 0 unspecified atom stereocenters. The van der Waals surface area contributed by atoms with Crippen molar-refractivity contribution in [2.75, 3.05) is 33.6 Å². The number of Topliss-reactive ketones (excluding diaryl/α,β-unsaturated/α-hetero) is 3. The van der Waals surface area contributed by atoms with Crippen LogP contribution >= 0.6 is 0 Å². The SMILES string of the molecule is CO[C@H]1C[C@@H]2CC[C@@H](C)[C@@](O)(O2)C(=O)C(=O)N2CCCC[C@H]2C(=O)O[C@H]([C@H](C)C[C@@H]2CC[C@@H](CCc3cn(-c4ccc(N)cc4)nn3)[C@H](OC)C2)CC(=O)[C@H](C)/C=C(\C)[C@@H](O)[C@@H](OC)C(=O)[C@H](C)C[C@H](C)/C=C/C=C/C=C/1C. The van der Waals surface area contributed by atoms with Crippen LogP contribution in [-0.4, -0.2) is 136 Å². The van der Waals surface area contributed by atoms with Crippen LogP contribution < -0.4 is 5.73 Å². The summed E-state index contributed by atoms with van der Waals surface area (Å²) in [4.78, 5) is 72.9. The summed E-state index contributed by atoms with van der Waals surface area (Å²) in [7, 11) is 4.71. The van der Waals surface area contributed by atoms with E-state index in [1.54, 1.807) is 45.7 Å². The van der Waals surface area contributed by atoms with Gasteiger partial charge >= 0.3 is 5.97 Å². The van der Waals surface area contributed by atoms with E-state index in [2.05, 4.69) is 10.3 Å². The molecule has 1 aromatic heterocycles. The lowest BCUT2D eigenvalue weighted by Gasteiger charge is -2.42. The number of carbonyl (C=O) groups excluding carboxylic acids is 5. The van der Waals surface area contributed by atoms with Crippen LogP contribution in [0, 0.1) is 41.4 Å². The quantitative estimate of drug-likeness (QED) is 0.0880. The number of hydrogen-bond donors (Lipinski definition) is 3. The number of esters is 1. The Balaban J connectivity index is 1.24. The van der Waals surface area contributed by atoms with Gasteiger partial charge in [-0.1, -0.05) is 76.3 Å². The highest BCUT2D eigenvalue weighted by atomic mass is 16.6. The first-order chi connectivity index (χ1) is 37.2. The number of cyclic esters (lactones) is 1. The Kier molecular flexibility index (Phi) is 22.9. The van der Waals surface area contributed by atoms with Crippen molar-refractivity contribution in [3.05, 3.63) is 83.8 Å². The molecule has 6 rings (SSSR count). The maximum Gasteiger partial charge on any atom is 0.329 e. The minimum atomic E-state index is -2.44. The van der Waals surface area contributed by atoms with Crippen molar-refractivity contribution in [2.45, 2.75) is 187 Å². The van der Waals surface area contributed by atoms with Crippen molar-refractivity contribution in [2.24, 2.45) is 41.4 Å². The monoisotopic (exact) mass is 1080 g/mol. The Morgan fingerprint density at radius 3 is 2.32 bits per heavy atom. The lowest BCUT2D eigenvalue weighted by atomic mass is 9.74.